The Hall–Kier alpha value is -2.65. The van der Waals surface area contributed by atoms with E-state index >= 15 is 0 Å². The van der Waals surface area contributed by atoms with Crippen LogP contribution in [-0.2, 0) is 14.3 Å². The van der Waals surface area contributed by atoms with Gasteiger partial charge in [-0.2, -0.15) is 0 Å². The topological polar surface area (TPSA) is 134 Å². The van der Waals surface area contributed by atoms with Crippen LogP contribution in [0.25, 0.3) is 0 Å². The lowest BCUT2D eigenvalue weighted by Crippen LogP contribution is -2.62. The monoisotopic (exact) mass is 480 g/mol. The van der Waals surface area contributed by atoms with Crippen molar-refractivity contribution in [1.82, 2.24) is 14.6 Å². The van der Waals surface area contributed by atoms with Gasteiger partial charge in [0.15, 0.2) is 6.04 Å². The molecule has 1 aliphatic rings. The Bertz CT molecular complexity index is 960. The van der Waals surface area contributed by atoms with Gasteiger partial charge in [0.2, 0.25) is 5.91 Å². The van der Waals surface area contributed by atoms with E-state index < -0.39 is 40.6 Å². The maximum absolute atomic E-state index is 13.3. The summed E-state index contributed by atoms with van der Waals surface area (Å²) in [7, 11) is 0. The molecule has 2 rings (SSSR count). The fraction of sp³-hybridized carbons (Fsp3) is 0.792. The molecule has 10 heteroatoms. The molecule has 1 amide bonds. The number of aromatic nitrogens is 3. The number of hydrogen-bond donors (Lipinski definition) is 2. The van der Waals surface area contributed by atoms with E-state index in [9.17, 15) is 24.0 Å². The van der Waals surface area contributed by atoms with Gasteiger partial charge in [-0.15, -0.1) is 4.68 Å². The minimum Gasteiger partial charge on any atom is -0.458 e. The van der Waals surface area contributed by atoms with Crippen LogP contribution >= 0.6 is 0 Å². The molecule has 192 valence electrons. The molecule has 0 spiro atoms. The van der Waals surface area contributed by atoms with Gasteiger partial charge in [-0.1, -0.05) is 58.8 Å². The van der Waals surface area contributed by atoms with Crippen LogP contribution in [0.15, 0.2) is 14.4 Å². The second kappa shape index (κ2) is 12.2. The molecule has 1 saturated carbocycles. The van der Waals surface area contributed by atoms with Gasteiger partial charge >= 0.3 is 23.0 Å². The van der Waals surface area contributed by atoms with Crippen LogP contribution in [0.3, 0.4) is 0 Å². The van der Waals surface area contributed by atoms with Crippen molar-refractivity contribution in [1.29, 1.82) is 0 Å². The zero-order valence-corrected chi connectivity index (χ0v) is 21.1. The fourth-order valence-corrected chi connectivity index (χ4v) is 4.36. The number of carbonyl (C=O) groups excluding carboxylic acids is 2. The largest absolute Gasteiger partial charge is 0.458 e. The Morgan fingerprint density at radius 2 is 1.62 bits per heavy atom. The van der Waals surface area contributed by atoms with E-state index in [1.54, 1.807) is 20.8 Å². The van der Waals surface area contributed by atoms with E-state index in [0.29, 0.717) is 23.4 Å². The number of esters is 1. The second-order valence-corrected chi connectivity index (χ2v) is 10.7. The van der Waals surface area contributed by atoms with E-state index in [0.717, 1.165) is 24.3 Å². The van der Waals surface area contributed by atoms with Crippen LogP contribution < -0.4 is 22.1 Å². The van der Waals surface area contributed by atoms with Crippen molar-refractivity contribution in [3.8, 4) is 0 Å². The quantitative estimate of drug-likeness (QED) is 0.494. The van der Waals surface area contributed by atoms with E-state index in [-0.39, 0.29) is 18.8 Å². The molecule has 1 aromatic heterocycles. The predicted octanol–water partition coefficient (Wildman–Crippen LogP) is 2.59. The third-order valence-electron chi connectivity index (χ3n) is 6.02. The average Bonchev–Trinajstić information content (AvgIpc) is 2.72. The zero-order chi connectivity index (χ0) is 25.5. The molecule has 1 fully saturated rings. The van der Waals surface area contributed by atoms with Crippen LogP contribution in [0.1, 0.15) is 98.8 Å². The van der Waals surface area contributed by atoms with E-state index in [2.05, 4.69) is 0 Å². The predicted molar refractivity (Wildman–Crippen MR) is 129 cm³/mol. The number of amides is 1. The highest BCUT2D eigenvalue weighted by Crippen LogP contribution is 2.28. The number of hydrogen-bond acceptors (Lipinski definition) is 6. The van der Waals surface area contributed by atoms with Gasteiger partial charge in [-0.3, -0.25) is 14.8 Å². The summed E-state index contributed by atoms with van der Waals surface area (Å²) in [6.07, 6.45) is 8.24. The maximum Gasteiger partial charge on any atom is 0.353 e. The molecule has 1 aromatic rings. The van der Waals surface area contributed by atoms with Crippen LogP contribution in [0, 0.1) is 11.8 Å². The summed E-state index contributed by atoms with van der Waals surface area (Å²) in [4.78, 5) is 67.4. The van der Waals surface area contributed by atoms with Crippen molar-refractivity contribution in [3.05, 3.63) is 31.5 Å². The molecule has 34 heavy (non-hydrogen) atoms. The lowest BCUT2D eigenvalue weighted by atomic mass is 9.85. The SMILES string of the molecule is CC(C)CCC(=O)N([C@@H](CCCC1CCCCC1)C(=O)OC(C)(C)C)n1c(=O)[nH]c(=O)[nH]c1=O. The molecule has 2 N–H and O–H groups in total. The zero-order valence-electron chi connectivity index (χ0n) is 21.1. The van der Waals surface area contributed by atoms with E-state index in [1.807, 2.05) is 23.8 Å². The Balaban J connectivity index is 2.44. The van der Waals surface area contributed by atoms with Gasteiger partial charge < -0.3 is 4.74 Å². The van der Waals surface area contributed by atoms with Gasteiger partial charge in [0, 0.05) is 6.42 Å². The number of H-pyrrole nitrogens is 2. The van der Waals surface area contributed by atoms with Crippen LogP contribution in [0.2, 0.25) is 0 Å². The molecular weight excluding hydrogens is 440 g/mol. The van der Waals surface area contributed by atoms with Gasteiger partial charge in [0.1, 0.15) is 5.60 Å². The van der Waals surface area contributed by atoms with Crippen LogP contribution in [0.5, 0.6) is 0 Å². The molecule has 0 aromatic carbocycles. The number of rotatable bonds is 10. The Morgan fingerprint density at radius 1 is 1.03 bits per heavy atom. The van der Waals surface area contributed by atoms with Crippen molar-refractivity contribution < 1.29 is 14.3 Å². The van der Waals surface area contributed by atoms with Crippen molar-refractivity contribution in [2.75, 3.05) is 5.01 Å². The number of aromatic amines is 2. The maximum atomic E-state index is 13.3. The smallest absolute Gasteiger partial charge is 0.353 e. The van der Waals surface area contributed by atoms with Crippen LogP contribution in [0.4, 0.5) is 0 Å². The number of carbonyl (C=O) groups is 2. The highest BCUT2D eigenvalue weighted by Gasteiger charge is 2.36. The summed E-state index contributed by atoms with van der Waals surface area (Å²) >= 11 is 0. The Morgan fingerprint density at radius 3 is 2.15 bits per heavy atom. The number of nitrogens with one attached hydrogen (secondary N) is 2. The minimum atomic E-state index is -1.17. The molecule has 1 heterocycles. The second-order valence-electron chi connectivity index (χ2n) is 10.7. The lowest BCUT2D eigenvalue weighted by Gasteiger charge is -2.33. The fourth-order valence-electron chi connectivity index (χ4n) is 4.36. The van der Waals surface area contributed by atoms with Crippen molar-refractivity contribution in [2.24, 2.45) is 11.8 Å². The van der Waals surface area contributed by atoms with Crippen molar-refractivity contribution >= 4 is 11.9 Å². The third kappa shape index (κ3) is 8.29. The molecular formula is C24H40N4O6. The molecule has 10 nitrogen and oxygen atoms in total. The standard InChI is InChI=1S/C24H40N4O6/c1-16(2)14-15-19(29)27(28-22(32)25-21(31)26-23(28)33)18(20(30)34-24(3,4)5)13-9-12-17-10-7-6-8-11-17/h16-18H,6-15H2,1-5H3,(H2,25,26,31,32,33)/t18-/m0/s1. The summed E-state index contributed by atoms with van der Waals surface area (Å²) in [6.45, 7) is 9.05. The number of ether oxygens (including phenoxy) is 1. The molecule has 0 bridgehead atoms. The highest BCUT2D eigenvalue weighted by atomic mass is 16.6. The minimum absolute atomic E-state index is 0.0323. The van der Waals surface area contributed by atoms with Crippen molar-refractivity contribution in [2.45, 2.75) is 110 Å². The molecule has 0 aliphatic heterocycles. The van der Waals surface area contributed by atoms with Gasteiger partial charge in [0.25, 0.3) is 0 Å². The van der Waals surface area contributed by atoms with E-state index in [4.69, 9.17) is 4.74 Å². The molecule has 1 aliphatic carbocycles. The Labute approximate surface area is 200 Å². The van der Waals surface area contributed by atoms with Gasteiger partial charge in [0.05, 0.1) is 0 Å². The molecule has 0 unspecified atom stereocenters. The first-order chi connectivity index (χ1) is 15.9. The van der Waals surface area contributed by atoms with Gasteiger partial charge in [-0.25, -0.2) is 24.2 Å². The number of nitrogens with zero attached hydrogens (tertiary/aromatic N) is 2. The van der Waals surface area contributed by atoms with E-state index in [1.165, 1.54) is 19.3 Å². The summed E-state index contributed by atoms with van der Waals surface area (Å²) in [6, 6.07) is -1.17. The first-order valence-electron chi connectivity index (χ1n) is 12.4. The summed E-state index contributed by atoms with van der Waals surface area (Å²) in [5.74, 6) is -0.478. The lowest BCUT2D eigenvalue weighted by molar-refractivity contribution is -0.158. The first kappa shape index (κ1) is 27.6. The average molecular weight is 481 g/mol. The summed E-state index contributed by atoms with van der Waals surface area (Å²) in [5, 5.41) is 0.897. The normalized spacial score (nSPS) is 15.8. The van der Waals surface area contributed by atoms with Gasteiger partial charge in [-0.05, 0) is 45.4 Å². The van der Waals surface area contributed by atoms with Crippen LogP contribution in [-0.4, -0.2) is 38.2 Å². The third-order valence-corrected chi connectivity index (χ3v) is 6.02. The molecule has 1 atom stereocenters. The Kier molecular flexibility index (Phi) is 9.88. The highest BCUT2D eigenvalue weighted by molar-refractivity contribution is 5.93. The summed E-state index contributed by atoms with van der Waals surface area (Å²) in [5.41, 5.74) is -3.96. The van der Waals surface area contributed by atoms with Crippen molar-refractivity contribution in [3.63, 3.8) is 0 Å². The first-order valence-corrected chi connectivity index (χ1v) is 12.4. The molecule has 0 radical (unpaired) electrons. The summed E-state index contributed by atoms with van der Waals surface area (Å²) < 4.78 is 6.12. The molecule has 0 saturated heterocycles.